The number of benzene rings is 2. The molecule has 0 spiro atoms. The molecule has 2 heterocycles. The summed E-state index contributed by atoms with van der Waals surface area (Å²) >= 11 is 2.59. The molecule has 4 rings (SSSR count). The van der Waals surface area contributed by atoms with E-state index in [1.807, 2.05) is 48.5 Å². The first-order chi connectivity index (χ1) is 17.6. The second-order valence-electron chi connectivity index (χ2n) is 8.64. The summed E-state index contributed by atoms with van der Waals surface area (Å²) in [5.74, 6) is -0.430. The Bertz CT molecular complexity index is 1330. The average Bonchev–Trinajstić information content (AvgIpc) is 3.48. The Labute approximate surface area is 223 Å². The Morgan fingerprint density at radius 1 is 0.703 bits per heavy atom. The van der Waals surface area contributed by atoms with E-state index in [1.165, 1.54) is 22.7 Å². The van der Waals surface area contributed by atoms with Crippen LogP contribution in [0.4, 0.5) is 27.5 Å². The minimum atomic E-state index is -0.591. The number of thiophene rings is 2. The molecule has 0 saturated carbocycles. The Hall–Kier alpha value is -4.15. The van der Waals surface area contributed by atoms with Gasteiger partial charge in [-0.3, -0.25) is 14.9 Å². The summed E-state index contributed by atoms with van der Waals surface area (Å²) in [4.78, 5) is 36.8. The zero-order chi connectivity index (χ0) is 26.8. The maximum atomic E-state index is 12.3. The highest BCUT2D eigenvalue weighted by molar-refractivity contribution is 7.13. The number of nitrogen functional groups attached to an aromatic ring is 1. The molecule has 0 atom stereocenters. The summed E-state index contributed by atoms with van der Waals surface area (Å²) in [7, 11) is 0. The number of carbonyl (C=O) groups excluding carboxylic acids is 3. The molecule has 0 aliphatic heterocycles. The van der Waals surface area contributed by atoms with Gasteiger partial charge in [0.15, 0.2) is 0 Å². The first kappa shape index (κ1) is 27.4. The first-order valence-corrected chi connectivity index (χ1v) is 13.0. The fourth-order valence-corrected chi connectivity index (χ4v) is 4.38. The Balaban J connectivity index is 0.000000220. The van der Waals surface area contributed by atoms with Crippen molar-refractivity contribution in [2.24, 2.45) is 0 Å². The van der Waals surface area contributed by atoms with Crippen LogP contribution in [-0.4, -0.2) is 23.5 Å². The highest BCUT2D eigenvalue weighted by Gasteiger charge is 2.20. The van der Waals surface area contributed by atoms with E-state index in [-0.39, 0.29) is 11.8 Å². The number of hydrogen-bond donors (Lipinski definition) is 4. The third-order valence-corrected chi connectivity index (χ3v) is 6.31. The molecular formula is C27H28N4O4S2. The Morgan fingerprint density at radius 3 is 1.68 bits per heavy atom. The van der Waals surface area contributed by atoms with Crippen LogP contribution in [0.2, 0.25) is 0 Å². The van der Waals surface area contributed by atoms with E-state index in [1.54, 1.807) is 55.8 Å². The largest absolute Gasteiger partial charge is 0.444 e. The molecule has 0 radical (unpaired) electrons. The van der Waals surface area contributed by atoms with Gasteiger partial charge in [-0.2, -0.15) is 0 Å². The van der Waals surface area contributed by atoms with Crippen molar-refractivity contribution < 1.29 is 19.1 Å². The van der Waals surface area contributed by atoms with E-state index >= 15 is 0 Å². The smallest absolute Gasteiger partial charge is 0.412 e. The van der Waals surface area contributed by atoms with Crippen molar-refractivity contribution in [3.63, 3.8) is 0 Å². The predicted octanol–water partition coefficient (Wildman–Crippen LogP) is 6.93. The normalized spacial score (nSPS) is 10.5. The van der Waals surface area contributed by atoms with Crippen molar-refractivity contribution in [3.8, 4) is 0 Å². The van der Waals surface area contributed by atoms with Gasteiger partial charge in [0.25, 0.3) is 11.8 Å². The average molecular weight is 537 g/mol. The predicted molar refractivity (Wildman–Crippen MR) is 152 cm³/mol. The molecule has 0 aliphatic rings. The number of nitrogens with two attached hydrogens (primary N) is 1. The number of para-hydroxylation sites is 2. The van der Waals surface area contributed by atoms with Crippen LogP contribution in [0.15, 0.2) is 83.6 Å². The molecule has 2 aromatic carbocycles. The van der Waals surface area contributed by atoms with Crippen molar-refractivity contribution >= 4 is 63.3 Å². The zero-order valence-electron chi connectivity index (χ0n) is 20.6. The molecule has 8 nitrogen and oxygen atoms in total. The van der Waals surface area contributed by atoms with Crippen molar-refractivity contribution in [2.45, 2.75) is 26.4 Å². The molecule has 0 unspecified atom stereocenters. The fraction of sp³-hybridized carbons (Fsp3) is 0.148. The molecular weight excluding hydrogens is 508 g/mol. The third kappa shape index (κ3) is 8.78. The lowest BCUT2D eigenvalue weighted by molar-refractivity contribution is 0.0635. The van der Waals surface area contributed by atoms with Crippen molar-refractivity contribution in [2.75, 3.05) is 21.7 Å². The van der Waals surface area contributed by atoms with Crippen molar-refractivity contribution in [1.29, 1.82) is 0 Å². The van der Waals surface area contributed by atoms with Gasteiger partial charge in [-0.05, 0) is 67.9 Å². The van der Waals surface area contributed by atoms with Crippen molar-refractivity contribution in [3.05, 3.63) is 93.3 Å². The van der Waals surface area contributed by atoms with Crippen LogP contribution in [0.25, 0.3) is 0 Å². The summed E-state index contributed by atoms with van der Waals surface area (Å²) in [5.41, 5.74) is 7.49. The summed E-state index contributed by atoms with van der Waals surface area (Å²) in [6.45, 7) is 5.34. The zero-order valence-corrected chi connectivity index (χ0v) is 22.2. The molecule has 0 fully saturated rings. The van der Waals surface area contributed by atoms with Crippen LogP contribution in [0.3, 0.4) is 0 Å². The van der Waals surface area contributed by atoms with Gasteiger partial charge in [-0.1, -0.05) is 36.4 Å². The number of amides is 3. The molecule has 2 aromatic heterocycles. The van der Waals surface area contributed by atoms with E-state index in [0.717, 1.165) is 5.69 Å². The lowest BCUT2D eigenvalue weighted by Crippen LogP contribution is -2.27. The maximum absolute atomic E-state index is 12.3. The van der Waals surface area contributed by atoms with Crippen LogP contribution >= 0.6 is 22.7 Å². The van der Waals surface area contributed by atoms with Crippen molar-refractivity contribution in [1.82, 2.24) is 0 Å². The Kier molecular flexibility index (Phi) is 9.42. The monoisotopic (exact) mass is 536 g/mol. The van der Waals surface area contributed by atoms with Crippen LogP contribution in [0, 0.1) is 0 Å². The van der Waals surface area contributed by atoms with Gasteiger partial charge in [0.1, 0.15) is 15.4 Å². The van der Waals surface area contributed by atoms with Crippen LogP contribution in [0.5, 0.6) is 0 Å². The molecule has 0 bridgehead atoms. The number of nitrogens with one attached hydrogen (secondary N) is 3. The van der Waals surface area contributed by atoms with Crippen LogP contribution < -0.4 is 21.7 Å². The SMILES string of the molecule is CC(C)(C)OC(=O)Nc1ccsc1C(=O)Nc1ccccc1.Nc1ccsc1C(=O)Nc1ccccc1. The summed E-state index contributed by atoms with van der Waals surface area (Å²) < 4.78 is 5.19. The van der Waals surface area contributed by atoms with Gasteiger partial charge in [-0.15, -0.1) is 22.7 Å². The molecule has 3 amide bonds. The fourth-order valence-electron chi connectivity index (χ4n) is 2.92. The molecule has 4 aromatic rings. The van der Waals surface area contributed by atoms with Gasteiger partial charge in [-0.25, -0.2) is 4.79 Å². The van der Waals surface area contributed by atoms with Crippen LogP contribution in [0.1, 0.15) is 40.1 Å². The lowest BCUT2D eigenvalue weighted by Gasteiger charge is -2.19. The minimum Gasteiger partial charge on any atom is -0.444 e. The number of anilines is 4. The van der Waals surface area contributed by atoms with Gasteiger partial charge in [0.05, 0.1) is 11.4 Å². The summed E-state index contributed by atoms with van der Waals surface area (Å²) in [5, 5.41) is 11.7. The van der Waals surface area contributed by atoms with E-state index in [9.17, 15) is 14.4 Å². The highest BCUT2D eigenvalue weighted by Crippen LogP contribution is 2.24. The molecule has 192 valence electrons. The van der Waals surface area contributed by atoms with E-state index in [2.05, 4.69) is 16.0 Å². The second kappa shape index (κ2) is 12.7. The van der Waals surface area contributed by atoms with Gasteiger partial charge >= 0.3 is 6.09 Å². The highest BCUT2D eigenvalue weighted by atomic mass is 32.1. The Morgan fingerprint density at radius 2 is 1.19 bits per heavy atom. The molecule has 5 N–H and O–H groups in total. The molecule has 37 heavy (non-hydrogen) atoms. The number of hydrogen-bond acceptors (Lipinski definition) is 7. The van der Waals surface area contributed by atoms with Crippen LogP contribution in [-0.2, 0) is 4.74 Å². The summed E-state index contributed by atoms with van der Waals surface area (Å²) in [6.07, 6.45) is -0.584. The topological polar surface area (TPSA) is 123 Å². The molecule has 0 saturated heterocycles. The second-order valence-corrected chi connectivity index (χ2v) is 10.5. The lowest BCUT2D eigenvalue weighted by atomic mass is 10.2. The number of rotatable bonds is 5. The van der Waals surface area contributed by atoms with Gasteiger partial charge in [0.2, 0.25) is 0 Å². The summed E-state index contributed by atoms with van der Waals surface area (Å²) in [6, 6.07) is 21.8. The van der Waals surface area contributed by atoms with E-state index < -0.39 is 11.7 Å². The molecule has 0 aliphatic carbocycles. The standard InChI is InChI=1S/C16H18N2O3S.C11H10N2OS/c1-16(2,3)21-15(20)18-12-9-10-22-13(12)14(19)17-11-7-5-4-6-8-11;12-9-6-7-15-10(9)11(14)13-8-4-2-1-3-5-8/h4-10H,1-3H3,(H,17,19)(H,18,20);1-7H,12H2,(H,13,14). The quantitative estimate of drug-likeness (QED) is 0.220. The van der Waals surface area contributed by atoms with E-state index in [4.69, 9.17) is 10.5 Å². The van der Waals surface area contributed by atoms with Gasteiger partial charge < -0.3 is 21.1 Å². The maximum Gasteiger partial charge on any atom is 0.412 e. The minimum absolute atomic E-state index is 0.159. The number of ether oxygens (including phenoxy) is 1. The van der Waals surface area contributed by atoms with Gasteiger partial charge in [0, 0.05) is 11.4 Å². The number of carbonyl (C=O) groups is 3. The molecule has 10 heteroatoms. The van der Waals surface area contributed by atoms with E-state index in [0.29, 0.717) is 26.8 Å². The third-order valence-electron chi connectivity index (χ3n) is 4.47. The first-order valence-electron chi connectivity index (χ1n) is 11.3.